The fraction of sp³-hybridized carbons (Fsp3) is 0.348. The van der Waals surface area contributed by atoms with Crippen LogP contribution in [-0.2, 0) is 17.6 Å². The van der Waals surface area contributed by atoms with E-state index in [1.807, 2.05) is 0 Å². The third kappa shape index (κ3) is 4.50. The number of oxime groups is 1. The highest BCUT2D eigenvalue weighted by molar-refractivity contribution is 5.97. The molecule has 0 radical (unpaired) electrons. The molecule has 1 aliphatic rings. The second kappa shape index (κ2) is 8.54. The molecule has 34 heavy (non-hydrogen) atoms. The molecule has 2 aromatic heterocycles. The van der Waals surface area contributed by atoms with E-state index in [0.29, 0.717) is 23.0 Å². The number of nitrogens with zero attached hydrogens (tertiary/aromatic N) is 3. The molecule has 4 rings (SSSR count). The minimum atomic E-state index is -1.29. The van der Waals surface area contributed by atoms with Gasteiger partial charge in [0, 0.05) is 48.3 Å². The maximum absolute atomic E-state index is 14.7. The van der Waals surface area contributed by atoms with Crippen LogP contribution in [0.25, 0.3) is 5.65 Å². The monoisotopic (exact) mass is 475 g/mol. The smallest absolute Gasteiger partial charge is 0.407 e. The van der Waals surface area contributed by atoms with Gasteiger partial charge in [-0.1, -0.05) is 5.16 Å². The fourth-order valence-corrected chi connectivity index (χ4v) is 4.20. The quantitative estimate of drug-likeness (QED) is 0.176. The Hall–Kier alpha value is -3.76. The van der Waals surface area contributed by atoms with Gasteiger partial charge in [0.2, 0.25) is 0 Å². The number of hydrogen-bond acceptors (Lipinski definition) is 5. The minimum absolute atomic E-state index is 0.0694. The van der Waals surface area contributed by atoms with Gasteiger partial charge in [0.1, 0.15) is 17.1 Å². The number of carbonyl (C=O) groups is 1. The summed E-state index contributed by atoms with van der Waals surface area (Å²) in [6, 6.07) is 3.89. The summed E-state index contributed by atoms with van der Waals surface area (Å²) in [7, 11) is 0. The summed E-state index contributed by atoms with van der Waals surface area (Å²) in [6.45, 7) is 5.13. The first-order chi connectivity index (χ1) is 16.0. The molecular formula is C23H24F3N5O3. The molecule has 0 aliphatic heterocycles. The van der Waals surface area contributed by atoms with Crippen molar-refractivity contribution in [3.8, 4) is 0 Å². The van der Waals surface area contributed by atoms with E-state index in [-0.39, 0.29) is 24.2 Å². The Kier molecular flexibility index (Phi) is 5.88. The van der Waals surface area contributed by atoms with E-state index in [0.717, 1.165) is 11.8 Å². The number of halogens is 3. The number of amides is 1. The number of rotatable bonds is 3. The highest BCUT2D eigenvalue weighted by Gasteiger charge is 2.36. The van der Waals surface area contributed by atoms with Crippen molar-refractivity contribution < 1.29 is 27.9 Å². The van der Waals surface area contributed by atoms with Crippen molar-refractivity contribution in [2.24, 2.45) is 10.9 Å². The molecule has 3 aromatic rings. The minimum Gasteiger partial charge on any atom is -0.444 e. The number of benzene rings is 1. The average Bonchev–Trinajstić information content (AvgIpc) is 3.10. The molecule has 2 atom stereocenters. The summed E-state index contributed by atoms with van der Waals surface area (Å²) in [5, 5.41) is 14.7. The largest absolute Gasteiger partial charge is 0.444 e. The fourth-order valence-electron chi connectivity index (χ4n) is 4.20. The van der Waals surface area contributed by atoms with Crippen LogP contribution in [0.1, 0.15) is 49.2 Å². The van der Waals surface area contributed by atoms with Crippen LogP contribution in [0.3, 0.4) is 0 Å². The second-order valence-electron chi connectivity index (χ2n) is 9.19. The van der Waals surface area contributed by atoms with Crippen LogP contribution >= 0.6 is 0 Å². The van der Waals surface area contributed by atoms with E-state index in [4.69, 9.17) is 15.7 Å². The van der Waals surface area contributed by atoms with Crippen molar-refractivity contribution >= 4 is 17.6 Å². The van der Waals surface area contributed by atoms with Crippen LogP contribution in [0, 0.1) is 17.5 Å². The molecule has 4 N–H and O–H groups in total. The summed E-state index contributed by atoms with van der Waals surface area (Å²) >= 11 is 0. The molecule has 0 spiro atoms. The summed E-state index contributed by atoms with van der Waals surface area (Å²) in [5.41, 5.74) is 7.14. The molecular weight excluding hydrogens is 451 g/mol. The lowest BCUT2D eigenvalue weighted by Gasteiger charge is -2.33. The average molecular weight is 475 g/mol. The molecule has 8 nitrogen and oxygen atoms in total. The number of nitrogens with two attached hydrogens (primary N) is 1. The van der Waals surface area contributed by atoms with Crippen molar-refractivity contribution in [1.82, 2.24) is 14.7 Å². The zero-order valence-electron chi connectivity index (χ0n) is 18.8. The first-order valence-electron chi connectivity index (χ1n) is 10.6. The van der Waals surface area contributed by atoms with Crippen LogP contribution in [0.5, 0.6) is 0 Å². The van der Waals surface area contributed by atoms with E-state index < -0.39 is 41.1 Å². The van der Waals surface area contributed by atoms with E-state index in [1.54, 1.807) is 43.5 Å². The second-order valence-corrected chi connectivity index (χ2v) is 9.19. The summed E-state index contributed by atoms with van der Waals surface area (Å²) < 4.78 is 49.5. The normalized spacial score (nSPS) is 18.6. The van der Waals surface area contributed by atoms with Crippen molar-refractivity contribution in [2.45, 2.75) is 51.2 Å². The lowest BCUT2D eigenvalue weighted by molar-refractivity contribution is 0.0493. The maximum Gasteiger partial charge on any atom is 0.407 e. The predicted octanol–water partition coefficient (Wildman–Crippen LogP) is 3.62. The van der Waals surface area contributed by atoms with Crippen LogP contribution in [0.4, 0.5) is 18.0 Å². The number of amidine groups is 1. The Morgan fingerprint density at radius 1 is 1.21 bits per heavy atom. The van der Waals surface area contributed by atoms with Crippen molar-refractivity contribution in [3.63, 3.8) is 0 Å². The van der Waals surface area contributed by atoms with Gasteiger partial charge >= 0.3 is 6.09 Å². The Morgan fingerprint density at radius 2 is 1.91 bits per heavy atom. The number of aromatic nitrogens is 2. The summed E-state index contributed by atoms with van der Waals surface area (Å²) in [6.07, 6.45) is 1.36. The first-order valence-corrected chi connectivity index (χ1v) is 10.6. The Balaban J connectivity index is 1.77. The van der Waals surface area contributed by atoms with Gasteiger partial charge in [-0.05, 0) is 44.5 Å². The molecule has 1 aromatic carbocycles. The van der Waals surface area contributed by atoms with E-state index in [1.165, 1.54) is 0 Å². The van der Waals surface area contributed by atoms with Crippen molar-refractivity contribution in [2.75, 3.05) is 0 Å². The summed E-state index contributed by atoms with van der Waals surface area (Å²) in [4.78, 5) is 17.1. The first kappa shape index (κ1) is 23.4. The standard InChI is InChI=1S/C23H24F3N5O3/c1-23(2,3)34-22(32)29-17-10-19-18(8-13(17)12-7-15(25)16(26)9-14(12)24)28-20-6-11(21(27)30-33)4-5-31(19)20/h4-7,9,13,17,33H,8,10H2,1-3H3,(H2,27,30)(H,29,32)/t13-,17+/m1/s1. The molecule has 0 saturated carbocycles. The third-order valence-electron chi connectivity index (χ3n) is 5.66. The highest BCUT2D eigenvalue weighted by Crippen LogP contribution is 2.35. The molecule has 0 fully saturated rings. The zero-order chi connectivity index (χ0) is 24.8. The van der Waals surface area contributed by atoms with E-state index >= 15 is 0 Å². The Labute approximate surface area is 193 Å². The number of carbonyl (C=O) groups excluding carboxylic acids is 1. The zero-order valence-corrected chi connectivity index (χ0v) is 18.8. The lowest BCUT2D eigenvalue weighted by Crippen LogP contribution is -2.46. The highest BCUT2D eigenvalue weighted by atomic mass is 19.2. The summed E-state index contributed by atoms with van der Waals surface area (Å²) in [5.74, 6) is -4.21. The van der Waals surface area contributed by atoms with Crippen LogP contribution in [0.15, 0.2) is 35.6 Å². The number of imidazole rings is 1. The maximum atomic E-state index is 14.7. The molecule has 1 aliphatic carbocycles. The number of nitrogens with one attached hydrogen (secondary N) is 1. The van der Waals surface area contributed by atoms with Gasteiger partial charge in [-0.2, -0.15) is 0 Å². The van der Waals surface area contributed by atoms with Gasteiger partial charge in [-0.25, -0.2) is 22.9 Å². The molecule has 2 heterocycles. The Bertz CT molecular complexity index is 1300. The molecule has 11 heteroatoms. The molecule has 1 amide bonds. The van der Waals surface area contributed by atoms with Gasteiger partial charge in [0.15, 0.2) is 17.5 Å². The van der Waals surface area contributed by atoms with Gasteiger partial charge < -0.3 is 25.4 Å². The predicted molar refractivity (Wildman–Crippen MR) is 117 cm³/mol. The van der Waals surface area contributed by atoms with E-state index in [9.17, 15) is 18.0 Å². The lowest BCUT2D eigenvalue weighted by atomic mass is 9.80. The Morgan fingerprint density at radius 3 is 2.59 bits per heavy atom. The van der Waals surface area contributed by atoms with Gasteiger partial charge in [-0.15, -0.1) is 0 Å². The molecule has 0 unspecified atom stereocenters. The number of hydrogen-bond donors (Lipinski definition) is 3. The van der Waals surface area contributed by atoms with Gasteiger partial charge in [0.25, 0.3) is 0 Å². The van der Waals surface area contributed by atoms with Crippen LogP contribution < -0.4 is 11.1 Å². The van der Waals surface area contributed by atoms with Crippen molar-refractivity contribution in [3.05, 3.63) is 70.4 Å². The SMILES string of the molecule is CC(C)(C)OC(=O)N[C@H]1Cc2c(nc3cc(/C(N)=N/O)ccn23)C[C@@H]1c1cc(F)c(F)cc1F. The van der Waals surface area contributed by atoms with Gasteiger partial charge in [-0.3, -0.25) is 0 Å². The molecule has 180 valence electrons. The number of alkyl carbamates (subject to hydrolysis) is 1. The number of fused-ring (bicyclic) bond motifs is 3. The van der Waals surface area contributed by atoms with Crippen molar-refractivity contribution in [1.29, 1.82) is 0 Å². The van der Waals surface area contributed by atoms with Crippen LogP contribution in [0.2, 0.25) is 0 Å². The third-order valence-corrected chi connectivity index (χ3v) is 5.66. The number of ether oxygens (including phenoxy) is 1. The molecule has 0 saturated heterocycles. The number of pyridine rings is 1. The van der Waals surface area contributed by atoms with Gasteiger partial charge in [0.05, 0.1) is 5.69 Å². The topological polar surface area (TPSA) is 114 Å². The van der Waals surface area contributed by atoms with E-state index in [2.05, 4.69) is 15.5 Å². The molecule has 0 bridgehead atoms. The van der Waals surface area contributed by atoms with Crippen LogP contribution in [-0.4, -0.2) is 38.2 Å².